The molecule has 5 nitrogen and oxygen atoms in total. The van der Waals surface area contributed by atoms with Gasteiger partial charge in [0.2, 0.25) is 0 Å². The number of imidazole rings is 1. The molecule has 0 saturated heterocycles. The van der Waals surface area contributed by atoms with E-state index in [4.69, 9.17) is 4.74 Å². The molecule has 0 atom stereocenters. The second-order valence-electron chi connectivity index (χ2n) is 7.64. The summed E-state index contributed by atoms with van der Waals surface area (Å²) in [4.78, 5) is 14.7. The Bertz CT molecular complexity index is 1390. The van der Waals surface area contributed by atoms with Gasteiger partial charge in [0.05, 0.1) is 34.2 Å². The van der Waals surface area contributed by atoms with Crippen LogP contribution in [0.2, 0.25) is 0 Å². The Kier molecular flexibility index (Phi) is 3.99. The van der Waals surface area contributed by atoms with E-state index in [-0.39, 0.29) is 0 Å². The minimum atomic E-state index is 0.659. The van der Waals surface area contributed by atoms with E-state index in [9.17, 15) is 0 Å². The minimum absolute atomic E-state index is 0.659. The van der Waals surface area contributed by atoms with E-state index in [2.05, 4.69) is 67.7 Å². The maximum Gasteiger partial charge on any atom is 0.124 e. The van der Waals surface area contributed by atoms with Crippen molar-refractivity contribution in [2.24, 2.45) is 0 Å². The second-order valence-corrected chi connectivity index (χ2v) is 8.59. The summed E-state index contributed by atoms with van der Waals surface area (Å²) in [5.74, 6) is 1.90. The van der Waals surface area contributed by atoms with Gasteiger partial charge in [-0.2, -0.15) is 0 Å². The zero-order chi connectivity index (χ0) is 20.1. The number of aromatic amines is 1. The van der Waals surface area contributed by atoms with Crippen LogP contribution in [0.25, 0.3) is 32.2 Å². The summed E-state index contributed by atoms with van der Waals surface area (Å²) in [7, 11) is 0. The van der Waals surface area contributed by atoms with E-state index in [0.717, 1.165) is 35.7 Å². The Morgan fingerprint density at radius 3 is 2.93 bits per heavy atom. The number of ether oxygens (including phenoxy) is 1. The van der Waals surface area contributed by atoms with E-state index in [0.29, 0.717) is 6.61 Å². The maximum absolute atomic E-state index is 6.08. The van der Waals surface area contributed by atoms with Crippen molar-refractivity contribution >= 4 is 38.1 Å². The quantitative estimate of drug-likeness (QED) is 0.413. The van der Waals surface area contributed by atoms with Crippen molar-refractivity contribution in [3.63, 3.8) is 0 Å². The van der Waals surface area contributed by atoms with E-state index >= 15 is 0 Å². The minimum Gasteiger partial charge on any atom is -0.491 e. The molecular formula is C24H20N4OS. The van der Waals surface area contributed by atoms with Crippen LogP contribution in [-0.4, -0.2) is 28.1 Å². The molecule has 0 unspecified atom stereocenters. The van der Waals surface area contributed by atoms with Crippen LogP contribution in [-0.2, 0) is 6.54 Å². The number of rotatable bonds is 2. The lowest BCUT2D eigenvalue weighted by Gasteiger charge is -2.22. The van der Waals surface area contributed by atoms with Gasteiger partial charge in [0.1, 0.15) is 18.2 Å². The molecule has 0 bridgehead atoms. The fraction of sp³-hybridized carbons (Fsp3) is 0.167. The Balaban J connectivity index is 1.39. The van der Waals surface area contributed by atoms with E-state index in [1.165, 1.54) is 32.5 Å². The number of fused-ring (bicyclic) bond motifs is 3. The number of benzene rings is 2. The third-order valence-corrected chi connectivity index (χ3v) is 6.53. The van der Waals surface area contributed by atoms with Gasteiger partial charge in [0.15, 0.2) is 0 Å². The van der Waals surface area contributed by atoms with E-state index < -0.39 is 0 Å². The van der Waals surface area contributed by atoms with Crippen LogP contribution in [0.15, 0.2) is 60.2 Å². The van der Waals surface area contributed by atoms with Crippen molar-refractivity contribution < 1.29 is 4.74 Å². The lowest BCUT2D eigenvalue weighted by Crippen LogP contribution is -2.25. The van der Waals surface area contributed by atoms with Crippen LogP contribution in [0.1, 0.15) is 11.4 Å². The van der Waals surface area contributed by atoms with Gasteiger partial charge in [-0.05, 0) is 53.8 Å². The van der Waals surface area contributed by atoms with Crippen LogP contribution in [0.4, 0.5) is 5.69 Å². The highest BCUT2D eigenvalue weighted by molar-refractivity contribution is 7.17. The zero-order valence-electron chi connectivity index (χ0n) is 16.6. The highest BCUT2D eigenvalue weighted by Crippen LogP contribution is 2.35. The normalized spacial score (nSPS) is 14.0. The molecule has 6 rings (SSSR count). The van der Waals surface area contributed by atoms with Crippen molar-refractivity contribution in [1.29, 1.82) is 0 Å². The van der Waals surface area contributed by atoms with Crippen LogP contribution < -0.4 is 9.64 Å². The fourth-order valence-electron chi connectivity index (χ4n) is 4.23. The number of anilines is 1. The smallest absolute Gasteiger partial charge is 0.124 e. The summed E-state index contributed by atoms with van der Waals surface area (Å²) in [6, 6.07) is 15.0. The molecular weight excluding hydrogens is 392 g/mol. The van der Waals surface area contributed by atoms with Gasteiger partial charge in [-0.3, -0.25) is 4.98 Å². The van der Waals surface area contributed by atoms with Gasteiger partial charge in [-0.15, -0.1) is 11.3 Å². The lowest BCUT2D eigenvalue weighted by atomic mass is 10.0. The largest absolute Gasteiger partial charge is 0.491 e. The number of pyridine rings is 1. The molecule has 6 heteroatoms. The average molecular weight is 413 g/mol. The molecule has 0 saturated carbocycles. The fourth-order valence-corrected chi connectivity index (χ4v) is 5.00. The number of aromatic nitrogens is 3. The van der Waals surface area contributed by atoms with Gasteiger partial charge in [-0.25, -0.2) is 4.98 Å². The number of hydrogen-bond acceptors (Lipinski definition) is 5. The summed E-state index contributed by atoms with van der Waals surface area (Å²) in [5.41, 5.74) is 6.78. The highest BCUT2D eigenvalue weighted by atomic mass is 32.1. The molecule has 0 spiro atoms. The van der Waals surface area contributed by atoms with Gasteiger partial charge in [0.25, 0.3) is 0 Å². The molecule has 0 aliphatic carbocycles. The zero-order valence-corrected chi connectivity index (χ0v) is 17.4. The third-order valence-electron chi connectivity index (χ3n) is 5.67. The van der Waals surface area contributed by atoms with Crippen molar-refractivity contribution in [2.45, 2.75) is 13.5 Å². The molecule has 5 aromatic rings. The molecule has 0 fully saturated rings. The predicted octanol–water partition coefficient (Wildman–Crippen LogP) is 5.55. The molecule has 1 N–H and O–H groups in total. The Labute approximate surface area is 178 Å². The molecule has 3 aromatic heterocycles. The number of aryl methyl sites for hydroxylation is 1. The predicted molar refractivity (Wildman–Crippen MR) is 122 cm³/mol. The van der Waals surface area contributed by atoms with Gasteiger partial charge in [-0.1, -0.05) is 12.1 Å². The van der Waals surface area contributed by atoms with Crippen molar-refractivity contribution in [2.75, 3.05) is 18.1 Å². The van der Waals surface area contributed by atoms with Crippen molar-refractivity contribution in [1.82, 2.24) is 15.0 Å². The van der Waals surface area contributed by atoms with Gasteiger partial charge in [0, 0.05) is 23.7 Å². The molecule has 2 aromatic carbocycles. The molecule has 1 aliphatic rings. The van der Waals surface area contributed by atoms with Crippen LogP contribution in [0.5, 0.6) is 5.75 Å². The van der Waals surface area contributed by atoms with Crippen LogP contribution >= 0.6 is 11.3 Å². The van der Waals surface area contributed by atoms with Crippen LogP contribution in [0, 0.1) is 6.92 Å². The molecule has 0 amide bonds. The standard InChI is InChI=1S/C24H20N4OS/c1-15-26-20-4-2-17(11-21(20)27-15)16-3-5-23-18(10-16)14-28(7-8-29-23)22-12-25-13-24-19(22)6-9-30-24/h2-6,9-13H,7-8,14H2,1H3,(H,26,27). The van der Waals surface area contributed by atoms with Crippen molar-refractivity contribution in [3.8, 4) is 16.9 Å². The summed E-state index contributed by atoms with van der Waals surface area (Å²) >= 11 is 1.73. The first-order valence-corrected chi connectivity index (χ1v) is 10.9. The number of H-pyrrole nitrogens is 1. The summed E-state index contributed by atoms with van der Waals surface area (Å²) in [5, 5.41) is 3.39. The highest BCUT2D eigenvalue weighted by Gasteiger charge is 2.19. The Hall–Kier alpha value is -3.38. The van der Waals surface area contributed by atoms with Gasteiger partial charge >= 0.3 is 0 Å². The van der Waals surface area contributed by atoms with Gasteiger partial charge < -0.3 is 14.6 Å². The first-order chi connectivity index (χ1) is 14.7. The first-order valence-electron chi connectivity index (χ1n) is 10.0. The Morgan fingerprint density at radius 2 is 1.97 bits per heavy atom. The molecule has 1 aliphatic heterocycles. The summed E-state index contributed by atoms with van der Waals surface area (Å²) in [6.45, 7) is 4.27. The molecule has 4 heterocycles. The van der Waals surface area contributed by atoms with Crippen LogP contribution in [0.3, 0.4) is 0 Å². The number of thiophene rings is 1. The third kappa shape index (κ3) is 2.92. The van der Waals surface area contributed by atoms with E-state index in [1.807, 2.05) is 19.3 Å². The monoisotopic (exact) mass is 412 g/mol. The first kappa shape index (κ1) is 17.5. The molecule has 148 valence electrons. The maximum atomic E-state index is 6.08. The van der Waals surface area contributed by atoms with Crippen molar-refractivity contribution in [3.05, 3.63) is 71.6 Å². The average Bonchev–Trinajstić information content (AvgIpc) is 3.32. The number of nitrogens with one attached hydrogen (secondary N) is 1. The summed E-state index contributed by atoms with van der Waals surface area (Å²) < 4.78 is 7.30. The number of hydrogen-bond donors (Lipinski definition) is 1. The SMILES string of the molecule is Cc1nc2ccc(-c3ccc4c(c3)CN(c3cncc5sccc35)CCO4)cc2[nH]1. The lowest BCUT2D eigenvalue weighted by molar-refractivity contribution is 0.332. The Morgan fingerprint density at radius 1 is 1.07 bits per heavy atom. The topological polar surface area (TPSA) is 54.0 Å². The number of nitrogens with zero attached hydrogens (tertiary/aromatic N) is 3. The van der Waals surface area contributed by atoms with E-state index in [1.54, 1.807) is 11.3 Å². The second kappa shape index (κ2) is 6.85. The summed E-state index contributed by atoms with van der Waals surface area (Å²) in [6.07, 6.45) is 3.91. The molecule has 0 radical (unpaired) electrons. The molecule has 30 heavy (non-hydrogen) atoms.